The highest BCUT2D eigenvalue weighted by Crippen LogP contribution is 2.38. The second-order valence-corrected chi connectivity index (χ2v) is 7.28. The van der Waals surface area contributed by atoms with Crippen molar-refractivity contribution in [2.24, 2.45) is 5.73 Å². The van der Waals surface area contributed by atoms with E-state index in [0.717, 1.165) is 0 Å². The molecule has 1 aliphatic rings. The van der Waals surface area contributed by atoms with Gasteiger partial charge in [-0.3, -0.25) is 4.79 Å². The zero-order valence-corrected chi connectivity index (χ0v) is 16.5. The Labute approximate surface area is 170 Å². The van der Waals surface area contributed by atoms with Crippen LogP contribution >= 0.6 is 11.8 Å². The molecule has 1 saturated heterocycles. The Hall–Kier alpha value is -1.94. The predicted molar refractivity (Wildman–Crippen MR) is 94.3 cm³/mol. The van der Waals surface area contributed by atoms with Gasteiger partial charge < -0.3 is 37.7 Å². The van der Waals surface area contributed by atoms with E-state index in [0.29, 0.717) is 11.1 Å². The number of carbonyl (C=O) groups excluding carboxylic acids is 2. The average molecular weight is 455 g/mol. The number of aromatic nitrogens is 1. The van der Waals surface area contributed by atoms with E-state index in [-0.39, 0.29) is 23.6 Å². The van der Waals surface area contributed by atoms with Gasteiger partial charge in [-0.05, 0) is 18.2 Å². The van der Waals surface area contributed by atoms with Crippen LogP contribution in [-0.2, 0) is 4.74 Å². The number of esters is 1. The molecule has 0 bridgehead atoms. The summed E-state index contributed by atoms with van der Waals surface area (Å²) >= 11 is 1.27. The number of aliphatic hydroxyl groups excluding tert-OH is 2. The first-order valence-electron chi connectivity index (χ1n) is 8.02. The molecule has 1 fully saturated rings. The lowest BCUT2D eigenvalue weighted by atomic mass is 10.1. The van der Waals surface area contributed by atoms with Crippen molar-refractivity contribution in [3.05, 3.63) is 66.0 Å². The standard InChI is InChI=1S/C18H18N2O5S.BrH/c19-16(23)12-7-4-8-20(9-12)17-15(22)14(21)13(26-17)10-25-18(24)11-5-2-1-3-6-11;/h1-9,13-15,17,21-22H,10H2,(H-,19,23);1H/t13-,14-,15-,17-;/m1./s1. The summed E-state index contributed by atoms with van der Waals surface area (Å²) in [6.07, 6.45) is 1.05. The van der Waals surface area contributed by atoms with E-state index in [1.165, 1.54) is 18.0 Å². The number of hydrogen-bond acceptors (Lipinski definition) is 6. The molecule has 4 atom stereocenters. The maximum absolute atomic E-state index is 12.0. The molecule has 0 radical (unpaired) electrons. The molecular formula is C18H19BrN2O5S. The number of carbonyl (C=O) groups is 2. The zero-order valence-electron chi connectivity index (χ0n) is 14.1. The summed E-state index contributed by atoms with van der Waals surface area (Å²) in [6.45, 7) is -0.0385. The van der Waals surface area contributed by atoms with Crippen molar-refractivity contribution in [3.8, 4) is 0 Å². The van der Waals surface area contributed by atoms with Crippen molar-refractivity contribution in [3.63, 3.8) is 0 Å². The van der Waals surface area contributed by atoms with Crippen LogP contribution in [0.5, 0.6) is 0 Å². The Bertz CT molecular complexity index is 807. The number of thioether (sulfide) groups is 1. The molecule has 0 aliphatic carbocycles. The van der Waals surface area contributed by atoms with Crippen LogP contribution in [0.2, 0.25) is 0 Å². The minimum absolute atomic E-state index is 0. The Morgan fingerprint density at radius 2 is 1.74 bits per heavy atom. The van der Waals surface area contributed by atoms with Crippen LogP contribution in [0.1, 0.15) is 26.1 Å². The third-order valence-electron chi connectivity index (χ3n) is 4.13. The van der Waals surface area contributed by atoms with Crippen molar-refractivity contribution >= 4 is 23.6 Å². The van der Waals surface area contributed by atoms with Crippen LogP contribution in [0.15, 0.2) is 54.9 Å². The molecule has 0 spiro atoms. The number of aliphatic hydroxyl groups is 2. The second kappa shape index (κ2) is 9.32. The molecule has 1 aliphatic heterocycles. The largest absolute Gasteiger partial charge is 1.00 e. The van der Waals surface area contributed by atoms with E-state index in [1.54, 1.807) is 53.2 Å². The monoisotopic (exact) mass is 454 g/mol. The normalized spacial score (nSPS) is 24.1. The molecule has 0 unspecified atom stereocenters. The van der Waals surface area contributed by atoms with E-state index in [4.69, 9.17) is 10.5 Å². The van der Waals surface area contributed by atoms with Crippen molar-refractivity contribution in [2.45, 2.75) is 22.8 Å². The van der Waals surface area contributed by atoms with Gasteiger partial charge >= 0.3 is 5.97 Å². The van der Waals surface area contributed by atoms with Crippen LogP contribution in [0, 0.1) is 0 Å². The molecule has 0 saturated carbocycles. The molecule has 2 heterocycles. The molecule has 3 rings (SSSR count). The first-order chi connectivity index (χ1) is 12.5. The van der Waals surface area contributed by atoms with Crippen LogP contribution in [0.3, 0.4) is 0 Å². The number of nitrogens with zero attached hydrogens (tertiary/aromatic N) is 1. The average Bonchev–Trinajstić information content (AvgIpc) is 2.95. The number of nitrogens with two attached hydrogens (primary N) is 1. The van der Waals surface area contributed by atoms with E-state index in [2.05, 4.69) is 0 Å². The fourth-order valence-electron chi connectivity index (χ4n) is 2.73. The van der Waals surface area contributed by atoms with Gasteiger partial charge in [-0.2, -0.15) is 4.57 Å². The highest BCUT2D eigenvalue weighted by atomic mass is 79.9. The Morgan fingerprint density at radius 3 is 2.41 bits per heavy atom. The van der Waals surface area contributed by atoms with Crippen molar-refractivity contribution in [1.29, 1.82) is 0 Å². The van der Waals surface area contributed by atoms with E-state index < -0.39 is 34.7 Å². The molecule has 1 aromatic carbocycles. The quantitative estimate of drug-likeness (QED) is 0.334. The van der Waals surface area contributed by atoms with Gasteiger partial charge in [0.25, 0.3) is 5.91 Å². The lowest BCUT2D eigenvalue weighted by Crippen LogP contribution is -3.00. The van der Waals surface area contributed by atoms with Gasteiger partial charge in [0.05, 0.1) is 10.8 Å². The SMILES string of the molecule is NC(=O)c1ccc[n+]([C@@H]2S[C@H](COC(=O)c3ccccc3)[C@@H](O)[C@H]2O)c1.[Br-]. The molecule has 1 aromatic heterocycles. The summed E-state index contributed by atoms with van der Waals surface area (Å²) < 4.78 is 6.89. The van der Waals surface area contributed by atoms with Crippen LogP contribution in [-0.4, -0.2) is 46.2 Å². The highest BCUT2D eigenvalue weighted by molar-refractivity contribution is 8.00. The zero-order chi connectivity index (χ0) is 18.7. The summed E-state index contributed by atoms with van der Waals surface area (Å²) in [4.78, 5) is 23.4. The summed E-state index contributed by atoms with van der Waals surface area (Å²) in [5.74, 6) is -1.06. The third-order valence-corrected chi connectivity index (χ3v) is 5.69. The third kappa shape index (κ3) is 4.86. The van der Waals surface area contributed by atoms with Gasteiger partial charge in [0, 0.05) is 6.07 Å². The number of amides is 1. The Morgan fingerprint density at radius 1 is 1.07 bits per heavy atom. The fraction of sp³-hybridized carbons (Fsp3) is 0.278. The van der Waals surface area contributed by atoms with Gasteiger partial charge in [0.2, 0.25) is 5.37 Å². The second-order valence-electron chi connectivity index (χ2n) is 5.91. The maximum atomic E-state index is 12.0. The summed E-state index contributed by atoms with van der Waals surface area (Å²) in [6, 6.07) is 11.8. The first kappa shape index (κ1) is 21.4. The number of hydrogen-bond donors (Lipinski definition) is 3. The van der Waals surface area contributed by atoms with Gasteiger partial charge in [-0.25, -0.2) is 4.79 Å². The molecule has 4 N–H and O–H groups in total. The van der Waals surface area contributed by atoms with E-state index in [9.17, 15) is 19.8 Å². The van der Waals surface area contributed by atoms with Crippen molar-refractivity contribution < 1.29 is 46.1 Å². The molecule has 1 amide bonds. The molecule has 2 aromatic rings. The molecular weight excluding hydrogens is 436 g/mol. The summed E-state index contributed by atoms with van der Waals surface area (Å²) in [5, 5.41) is 19.6. The van der Waals surface area contributed by atoms with Crippen LogP contribution < -0.4 is 27.3 Å². The molecule has 27 heavy (non-hydrogen) atoms. The fourth-order valence-corrected chi connectivity index (χ4v) is 4.15. The van der Waals surface area contributed by atoms with Crippen LogP contribution in [0.4, 0.5) is 0 Å². The van der Waals surface area contributed by atoms with E-state index >= 15 is 0 Å². The number of benzene rings is 1. The van der Waals surface area contributed by atoms with Gasteiger partial charge in [-0.15, -0.1) is 0 Å². The molecule has 7 nitrogen and oxygen atoms in total. The number of halogens is 1. The van der Waals surface area contributed by atoms with Crippen molar-refractivity contribution in [2.75, 3.05) is 6.61 Å². The predicted octanol–water partition coefficient (Wildman–Crippen LogP) is -2.73. The lowest BCUT2D eigenvalue weighted by Gasteiger charge is -2.14. The highest BCUT2D eigenvalue weighted by Gasteiger charge is 2.48. The first-order valence-corrected chi connectivity index (χ1v) is 8.96. The van der Waals surface area contributed by atoms with Gasteiger partial charge in [-0.1, -0.05) is 30.0 Å². The lowest BCUT2D eigenvalue weighted by molar-refractivity contribution is -0.706. The van der Waals surface area contributed by atoms with Crippen molar-refractivity contribution in [1.82, 2.24) is 0 Å². The Kier molecular flexibility index (Phi) is 7.37. The topological polar surface area (TPSA) is 114 Å². The molecule has 144 valence electrons. The van der Waals surface area contributed by atoms with Gasteiger partial charge in [0.15, 0.2) is 18.5 Å². The maximum Gasteiger partial charge on any atom is 0.338 e. The smallest absolute Gasteiger partial charge is 0.338 e. The van der Waals surface area contributed by atoms with E-state index in [1.807, 2.05) is 0 Å². The number of rotatable bonds is 5. The number of ether oxygens (including phenoxy) is 1. The summed E-state index contributed by atoms with van der Waals surface area (Å²) in [7, 11) is 0. The minimum atomic E-state index is -1.08. The number of pyridine rings is 1. The summed E-state index contributed by atoms with van der Waals surface area (Å²) in [5.41, 5.74) is 6.00. The Balaban J connectivity index is 0.00000261. The van der Waals surface area contributed by atoms with Crippen LogP contribution in [0.25, 0.3) is 0 Å². The molecule has 9 heteroatoms. The minimum Gasteiger partial charge on any atom is -1.00 e. The number of primary amides is 1. The van der Waals surface area contributed by atoms with Gasteiger partial charge in [0.1, 0.15) is 18.3 Å².